The van der Waals surface area contributed by atoms with E-state index in [-0.39, 0.29) is 13.2 Å². The number of aliphatic hydroxyl groups excluding tert-OH is 4. The molecule has 0 aliphatic heterocycles. The molecule has 0 aliphatic carbocycles. The summed E-state index contributed by atoms with van der Waals surface area (Å²) >= 11 is 0. The highest BCUT2D eigenvalue weighted by Crippen LogP contribution is 2.34. The Morgan fingerprint density at radius 1 is 0.400 bits per heavy atom. The SMILES string of the molecule is CC(O)C(C)(CCCCOCCOCCOCCOCCO)OC(C)(CCCCOCCOCCOCCOCCO)C(C)O. The third kappa shape index (κ3) is 26.2. The molecule has 0 heterocycles. The van der Waals surface area contributed by atoms with Gasteiger partial charge in [-0.3, -0.25) is 0 Å². The zero-order valence-electron chi connectivity index (χ0n) is 28.6. The van der Waals surface area contributed by atoms with E-state index < -0.39 is 23.4 Å². The predicted octanol–water partition coefficient (Wildman–Crippen LogP) is 1.74. The largest absolute Gasteiger partial charge is 0.394 e. The third-order valence-corrected chi connectivity index (χ3v) is 7.36. The zero-order valence-corrected chi connectivity index (χ0v) is 28.6. The van der Waals surface area contributed by atoms with Crippen LogP contribution in [0.2, 0.25) is 0 Å². The van der Waals surface area contributed by atoms with Gasteiger partial charge in [0.1, 0.15) is 0 Å². The Morgan fingerprint density at radius 2 is 0.644 bits per heavy atom. The molecular formula is C32H66O13. The molecule has 0 rings (SSSR count). The third-order valence-electron chi connectivity index (χ3n) is 7.36. The minimum Gasteiger partial charge on any atom is -0.394 e. The molecule has 0 aliphatic rings. The van der Waals surface area contributed by atoms with E-state index in [9.17, 15) is 10.2 Å². The van der Waals surface area contributed by atoms with E-state index in [1.807, 2.05) is 13.8 Å². The number of hydrogen-bond donors (Lipinski definition) is 4. The number of ether oxygens (including phenoxy) is 9. The normalized spacial score (nSPS) is 16.0. The van der Waals surface area contributed by atoms with Crippen molar-refractivity contribution in [3.63, 3.8) is 0 Å². The Kier molecular flexibility index (Phi) is 30.4. The highest BCUT2D eigenvalue weighted by Gasteiger charge is 2.41. The van der Waals surface area contributed by atoms with Gasteiger partial charge in [0.05, 0.1) is 129 Å². The summed E-state index contributed by atoms with van der Waals surface area (Å²) in [6.45, 7) is 14.9. The second-order valence-corrected chi connectivity index (χ2v) is 11.3. The fraction of sp³-hybridized carbons (Fsp3) is 1.00. The molecule has 13 nitrogen and oxygen atoms in total. The Bertz CT molecular complexity index is 564. The van der Waals surface area contributed by atoms with Crippen molar-refractivity contribution in [3.05, 3.63) is 0 Å². The van der Waals surface area contributed by atoms with Crippen molar-refractivity contribution in [2.45, 2.75) is 89.6 Å². The second-order valence-electron chi connectivity index (χ2n) is 11.3. The Morgan fingerprint density at radius 3 is 0.889 bits per heavy atom. The van der Waals surface area contributed by atoms with Crippen LogP contribution in [-0.2, 0) is 42.6 Å². The van der Waals surface area contributed by atoms with Gasteiger partial charge in [-0.2, -0.15) is 0 Å². The lowest BCUT2D eigenvalue weighted by atomic mass is 9.88. The van der Waals surface area contributed by atoms with Crippen LogP contribution in [0.1, 0.15) is 66.2 Å². The van der Waals surface area contributed by atoms with E-state index in [0.29, 0.717) is 119 Å². The van der Waals surface area contributed by atoms with Crippen molar-refractivity contribution in [2.24, 2.45) is 0 Å². The summed E-state index contributed by atoms with van der Waals surface area (Å²) in [6, 6.07) is 0. The molecule has 0 aromatic carbocycles. The molecule has 0 saturated heterocycles. The van der Waals surface area contributed by atoms with E-state index in [0.717, 1.165) is 25.7 Å². The van der Waals surface area contributed by atoms with E-state index in [4.69, 9.17) is 52.8 Å². The summed E-state index contributed by atoms with van der Waals surface area (Å²) in [5, 5.41) is 38.5. The molecule has 0 fully saturated rings. The van der Waals surface area contributed by atoms with Gasteiger partial charge in [-0.05, 0) is 66.2 Å². The van der Waals surface area contributed by atoms with Crippen LogP contribution in [0.5, 0.6) is 0 Å². The van der Waals surface area contributed by atoms with Gasteiger partial charge in [-0.15, -0.1) is 0 Å². The minimum absolute atomic E-state index is 0.0132. The van der Waals surface area contributed by atoms with Gasteiger partial charge in [0.15, 0.2) is 0 Å². The average Bonchev–Trinajstić information content (AvgIpc) is 3.00. The highest BCUT2D eigenvalue weighted by atomic mass is 16.6. The number of aliphatic hydroxyl groups is 4. The topological polar surface area (TPSA) is 164 Å². The Labute approximate surface area is 271 Å². The summed E-state index contributed by atoms with van der Waals surface area (Å²) in [5.74, 6) is 0. The van der Waals surface area contributed by atoms with Crippen molar-refractivity contribution in [3.8, 4) is 0 Å². The van der Waals surface area contributed by atoms with Crippen LogP contribution in [-0.4, -0.2) is 163 Å². The predicted molar refractivity (Wildman–Crippen MR) is 170 cm³/mol. The molecule has 272 valence electrons. The first kappa shape index (κ1) is 44.5. The van der Waals surface area contributed by atoms with Gasteiger partial charge in [0, 0.05) is 13.2 Å². The van der Waals surface area contributed by atoms with Crippen molar-refractivity contribution in [1.29, 1.82) is 0 Å². The molecular weight excluding hydrogens is 592 g/mol. The van der Waals surface area contributed by atoms with Gasteiger partial charge >= 0.3 is 0 Å². The van der Waals surface area contributed by atoms with E-state index >= 15 is 0 Å². The van der Waals surface area contributed by atoms with Crippen LogP contribution >= 0.6 is 0 Å². The van der Waals surface area contributed by atoms with Gasteiger partial charge in [-0.1, -0.05) is 0 Å². The minimum atomic E-state index is -0.804. The van der Waals surface area contributed by atoms with Crippen LogP contribution < -0.4 is 0 Å². The number of unbranched alkanes of at least 4 members (excludes halogenated alkanes) is 2. The lowest BCUT2D eigenvalue weighted by Crippen LogP contribution is -2.52. The molecule has 0 amide bonds. The molecule has 4 N–H and O–H groups in total. The molecule has 13 heteroatoms. The molecule has 0 saturated carbocycles. The fourth-order valence-corrected chi connectivity index (χ4v) is 4.24. The maximum atomic E-state index is 10.6. The van der Waals surface area contributed by atoms with Crippen molar-refractivity contribution in [1.82, 2.24) is 0 Å². The highest BCUT2D eigenvalue weighted by molar-refractivity contribution is 4.90. The van der Waals surface area contributed by atoms with E-state index in [2.05, 4.69) is 0 Å². The zero-order chi connectivity index (χ0) is 33.5. The van der Waals surface area contributed by atoms with Gasteiger partial charge in [0.2, 0.25) is 0 Å². The van der Waals surface area contributed by atoms with Gasteiger partial charge < -0.3 is 63.1 Å². The standard InChI is InChI=1S/C32H66O13/c1-29(35)31(3,9-5-7-13-37-17-21-41-25-27-43-23-19-39-15-11-33)45-32(4,30(2)36)10-6-8-14-38-18-22-42-26-28-44-24-20-40-16-12-34/h29-30,33-36H,5-28H2,1-4H3. The second kappa shape index (κ2) is 30.8. The summed E-state index contributed by atoms with van der Waals surface area (Å²) in [5.41, 5.74) is -1.61. The number of rotatable bonds is 36. The lowest BCUT2D eigenvalue weighted by Gasteiger charge is -2.44. The molecule has 0 aromatic heterocycles. The maximum absolute atomic E-state index is 10.6. The summed E-state index contributed by atoms with van der Waals surface area (Å²) in [7, 11) is 0. The van der Waals surface area contributed by atoms with Crippen molar-refractivity contribution < 1.29 is 63.1 Å². The molecule has 0 radical (unpaired) electrons. The first-order valence-electron chi connectivity index (χ1n) is 16.6. The van der Waals surface area contributed by atoms with Gasteiger partial charge in [-0.25, -0.2) is 0 Å². The Balaban J connectivity index is 4.03. The lowest BCUT2D eigenvalue weighted by molar-refractivity contribution is -0.219. The number of hydrogen-bond acceptors (Lipinski definition) is 13. The average molecular weight is 659 g/mol. The molecule has 4 atom stereocenters. The molecule has 0 aromatic rings. The van der Waals surface area contributed by atoms with Crippen LogP contribution in [0.25, 0.3) is 0 Å². The van der Waals surface area contributed by atoms with Crippen LogP contribution in [0.3, 0.4) is 0 Å². The quantitative estimate of drug-likeness (QED) is 0.0721. The van der Waals surface area contributed by atoms with Gasteiger partial charge in [0.25, 0.3) is 0 Å². The van der Waals surface area contributed by atoms with Crippen molar-refractivity contribution in [2.75, 3.05) is 119 Å². The fourth-order valence-electron chi connectivity index (χ4n) is 4.24. The van der Waals surface area contributed by atoms with Crippen LogP contribution in [0.15, 0.2) is 0 Å². The summed E-state index contributed by atoms with van der Waals surface area (Å²) in [6.07, 6.45) is 3.13. The summed E-state index contributed by atoms with van der Waals surface area (Å²) in [4.78, 5) is 0. The summed E-state index contributed by atoms with van der Waals surface area (Å²) < 4.78 is 49.8. The first-order chi connectivity index (χ1) is 21.7. The van der Waals surface area contributed by atoms with Crippen LogP contribution in [0, 0.1) is 0 Å². The van der Waals surface area contributed by atoms with E-state index in [1.165, 1.54) is 0 Å². The monoisotopic (exact) mass is 658 g/mol. The smallest absolute Gasteiger partial charge is 0.0918 e. The molecule has 4 unspecified atom stereocenters. The first-order valence-corrected chi connectivity index (χ1v) is 16.6. The Hall–Kier alpha value is -0.520. The van der Waals surface area contributed by atoms with Crippen LogP contribution in [0.4, 0.5) is 0 Å². The maximum Gasteiger partial charge on any atom is 0.0918 e. The molecule has 0 spiro atoms. The van der Waals surface area contributed by atoms with E-state index in [1.54, 1.807) is 13.8 Å². The molecule has 45 heavy (non-hydrogen) atoms. The molecule has 0 bridgehead atoms. The van der Waals surface area contributed by atoms with Crippen molar-refractivity contribution >= 4 is 0 Å².